The number of nitrogens with zero attached hydrogens (tertiary/aromatic N) is 2. The van der Waals surface area contributed by atoms with E-state index in [1.54, 1.807) is 15.9 Å². The number of phenols is 1. The highest BCUT2D eigenvalue weighted by Crippen LogP contribution is 2.34. The molecule has 0 aliphatic carbocycles. The molecule has 1 N–H and O–H groups in total. The molecular weight excluding hydrogens is 544 g/mol. The zero-order valence-electron chi connectivity index (χ0n) is 26.2. The van der Waals surface area contributed by atoms with Gasteiger partial charge in [-0.2, -0.15) is 0 Å². The van der Waals surface area contributed by atoms with Crippen LogP contribution in [0.4, 0.5) is 21.0 Å². The Morgan fingerprint density at radius 3 is 1.77 bits per heavy atom. The molecule has 2 aliphatic rings. The summed E-state index contributed by atoms with van der Waals surface area (Å²) in [6, 6.07) is 12.2. The number of cyclic esters (lactones) is 2. The third-order valence-electron chi connectivity index (χ3n) is 8.33. The molecule has 3 aromatic carbocycles. The average molecular weight is 587 g/mol. The van der Waals surface area contributed by atoms with Crippen LogP contribution in [0.5, 0.6) is 11.5 Å². The van der Waals surface area contributed by atoms with Crippen molar-refractivity contribution in [1.29, 1.82) is 0 Å². The van der Waals surface area contributed by atoms with E-state index in [1.165, 1.54) is 0 Å². The summed E-state index contributed by atoms with van der Waals surface area (Å²) in [6.07, 6.45) is 0.968. The molecule has 2 saturated heterocycles. The molecule has 43 heavy (non-hydrogen) atoms. The minimum atomic E-state index is -0.407. The van der Waals surface area contributed by atoms with Gasteiger partial charge in [-0.25, -0.2) is 9.59 Å². The van der Waals surface area contributed by atoms with Gasteiger partial charge in [-0.05, 0) is 111 Å². The summed E-state index contributed by atoms with van der Waals surface area (Å²) in [5, 5.41) is 10.2. The molecule has 0 bridgehead atoms. The first-order chi connectivity index (χ1) is 20.5. The monoisotopic (exact) mass is 586 g/mol. The second kappa shape index (κ2) is 12.2. The molecule has 2 atom stereocenters. The van der Waals surface area contributed by atoms with Gasteiger partial charge in [0.05, 0.1) is 24.5 Å². The quantitative estimate of drug-likeness (QED) is 0.288. The van der Waals surface area contributed by atoms with Gasteiger partial charge >= 0.3 is 12.2 Å². The molecule has 2 heterocycles. The summed E-state index contributed by atoms with van der Waals surface area (Å²) in [7, 11) is 0. The van der Waals surface area contributed by atoms with Gasteiger partial charge in [-0.3, -0.25) is 9.80 Å². The van der Waals surface area contributed by atoms with Crippen molar-refractivity contribution in [2.45, 2.75) is 79.9 Å². The maximum atomic E-state index is 13.0. The van der Waals surface area contributed by atoms with Crippen LogP contribution in [0, 0.1) is 27.7 Å². The highest BCUT2D eigenvalue weighted by Gasteiger charge is 2.35. The third-order valence-corrected chi connectivity index (χ3v) is 8.33. The van der Waals surface area contributed by atoms with Crippen molar-refractivity contribution in [1.82, 2.24) is 0 Å². The van der Waals surface area contributed by atoms with Crippen LogP contribution in [0.2, 0.25) is 0 Å². The first-order valence-corrected chi connectivity index (χ1v) is 15.1. The molecule has 5 rings (SSSR count). The molecule has 3 aromatic rings. The Bertz CT molecular complexity index is 1520. The Balaban J connectivity index is 1.29. The van der Waals surface area contributed by atoms with E-state index in [0.717, 1.165) is 74.5 Å². The fourth-order valence-electron chi connectivity index (χ4n) is 6.49. The number of benzene rings is 3. The van der Waals surface area contributed by atoms with Crippen molar-refractivity contribution in [2.75, 3.05) is 29.5 Å². The lowest BCUT2D eigenvalue weighted by Gasteiger charge is -2.21. The van der Waals surface area contributed by atoms with Crippen LogP contribution in [0.25, 0.3) is 0 Å². The molecule has 0 spiro atoms. The first kappa shape index (κ1) is 30.3. The van der Waals surface area contributed by atoms with Crippen molar-refractivity contribution >= 4 is 23.6 Å². The molecule has 0 radical (unpaired) electrons. The Hall–Kier alpha value is -4.20. The lowest BCUT2D eigenvalue weighted by Crippen LogP contribution is -2.28. The van der Waals surface area contributed by atoms with Gasteiger partial charge in [0.1, 0.15) is 24.2 Å². The van der Waals surface area contributed by atoms with E-state index in [1.807, 2.05) is 54.5 Å². The number of carbonyl (C=O) groups excluding carboxylic acids is 2. The zero-order valence-corrected chi connectivity index (χ0v) is 26.2. The smallest absolute Gasteiger partial charge is 0.414 e. The largest absolute Gasteiger partial charge is 0.508 e. The number of amides is 2. The number of ether oxygens (including phenoxy) is 3. The van der Waals surface area contributed by atoms with Gasteiger partial charge in [0, 0.05) is 0 Å². The zero-order chi connectivity index (χ0) is 31.0. The summed E-state index contributed by atoms with van der Waals surface area (Å²) < 4.78 is 17.2. The molecule has 0 aromatic heterocycles. The Labute approximate surface area is 254 Å². The lowest BCUT2D eigenvalue weighted by molar-refractivity contribution is 0.104. The van der Waals surface area contributed by atoms with Gasteiger partial charge in [-0.15, -0.1) is 0 Å². The first-order valence-electron chi connectivity index (χ1n) is 15.1. The molecule has 0 saturated carbocycles. The molecule has 2 unspecified atom stereocenters. The van der Waals surface area contributed by atoms with Gasteiger partial charge in [0.2, 0.25) is 0 Å². The van der Waals surface area contributed by atoms with Crippen LogP contribution in [0.15, 0.2) is 36.4 Å². The second-order valence-corrected chi connectivity index (χ2v) is 11.9. The van der Waals surface area contributed by atoms with Gasteiger partial charge in [0.15, 0.2) is 6.10 Å². The Morgan fingerprint density at radius 2 is 1.28 bits per heavy atom. The number of aryl methyl sites for hydroxylation is 6. The van der Waals surface area contributed by atoms with Crippen LogP contribution in [-0.4, -0.2) is 49.2 Å². The number of carbonyl (C=O) groups is 2. The molecule has 2 amide bonds. The van der Waals surface area contributed by atoms with E-state index in [2.05, 4.69) is 24.3 Å². The number of aromatic hydroxyl groups is 1. The maximum absolute atomic E-state index is 13.0. The van der Waals surface area contributed by atoms with Crippen LogP contribution in [-0.2, 0) is 28.7 Å². The minimum absolute atomic E-state index is 0.117. The van der Waals surface area contributed by atoms with Crippen molar-refractivity contribution in [2.24, 2.45) is 0 Å². The summed E-state index contributed by atoms with van der Waals surface area (Å²) >= 11 is 0. The number of rotatable bonds is 9. The molecule has 8 nitrogen and oxygen atoms in total. The van der Waals surface area contributed by atoms with E-state index in [4.69, 9.17) is 14.2 Å². The molecule has 8 heteroatoms. The van der Waals surface area contributed by atoms with Crippen LogP contribution >= 0.6 is 0 Å². The predicted octanol–water partition coefficient (Wildman–Crippen LogP) is 7.09. The fourth-order valence-corrected chi connectivity index (χ4v) is 6.49. The van der Waals surface area contributed by atoms with E-state index < -0.39 is 6.10 Å². The number of hydrogen-bond acceptors (Lipinski definition) is 6. The average Bonchev–Trinajstić information content (AvgIpc) is 3.46. The number of anilines is 2. The third kappa shape index (κ3) is 6.14. The van der Waals surface area contributed by atoms with E-state index >= 15 is 0 Å². The summed E-state index contributed by atoms with van der Waals surface area (Å²) in [5.74, 6) is 1.00. The summed E-state index contributed by atoms with van der Waals surface area (Å²) in [5.41, 5.74) is 9.96. The SMILES string of the molecule is CCc1cc(OCC2CN(c3c(C)cc(Cc4cc(C)c(N5CC(C)OC5=O)c(C)c4)cc3C)C(=O)O2)c(CC)cc1O. The molecule has 228 valence electrons. The minimum Gasteiger partial charge on any atom is -0.508 e. The standard InChI is InChI=1S/C35H42N2O6/c1-8-27-16-31(28(9-2)15-30(27)38)41-19-29-18-37(35(40)43-29)33-22(5)12-26(13-23(33)6)14-25-10-20(3)32(21(4)11-25)36-17-24(7)42-34(36)39/h10-13,15-16,24,29,38H,8-9,14,17-19H2,1-7H3. The highest BCUT2D eigenvalue weighted by atomic mass is 16.6. The van der Waals surface area contributed by atoms with Crippen molar-refractivity contribution in [3.8, 4) is 11.5 Å². The molecule has 2 aliphatic heterocycles. The number of phenolic OH excluding ortho intramolecular Hbond substituents is 1. The Kier molecular flexibility index (Phi) is 8.58. The van der Waals surface area contributed by atoms with Gasteiger partial charge in [-0.1, -0.05) is 38.1 Å². The van der Waals surface area contributed by atoms with Crippen molar-refractivity contribution < 1.29 is 28.9 Å². The van der Waals surface area contributed by atoms with Crippen LogP contribution < -0.4 is 14.5 Å². The van der Waals surface area contributed by atoms with Crippen LogP contribution in [0.3, 0.4) is 0 Å². The second-order valence-electron chi connectivity index (χ2n) is 11.9. The van der Waals surface area contributed by atoms with Crippen LogP contribution in [0.1, 0.15) is 65.3 Å². The summed E-state index contributed by atoms with van der Waals surface area (Å²) in [4.78, 5) is 28.8. The van der Waals surface area contributed by atoms with E-state index in [0.29, 0.717) is 19.5 Å². The van der Waals surface area contributed by atoms with Gasteiger partial charge < -0.3 is 19.3 Å². The van der Waals surface area contributed by atoms with E-state index in [9.17, 15) is 14.7 Å². The normalized spacial score (nSPS) is 18.3. The maximum Gasteiger partial charge on any atom is 0.414 e. The molecule has 2 fully saturated rings. The fraction of sp³-hybridized carbons (Fsp3) is 0.429. The lowest BCUT2D eigenvalue weighted by atomic mass is 9.95. The summed E-state index contributed by atoms with van der Waals surface area (Å²) in [6.45, 7) is 15.2. The van der Waals surface area contributed by atoms with E-state index in [-0.39, 0.29) is 30.6 Å². The highest BCUT2D eigenvalue weighted by molar-refractivity contribution is 5.92. The van der Waals surface area contributed by atoms with Crippen molar-refractivity contribution in [3.63, 3.8) is 0 Å². The van der Waals surface area contributed by atoms with Crippen molar-refractivity contribution in [3.05, 3.63) is 80.9 Å². The number of hydrogen-bond donors (Lipinski definition) is 1. The topological polar surface area (TPSA) is 88.5 Å². The Morgan fingerprint density at radius 1 is 0.767 bits per heavy atom. The van der Waals surface area contributed by atoms with Gasteiger partial charge in [0.25, 0.3) is 0 Å². The predicted molar refractivity (Wildman–Crippen MR) is 168 cm³/mol. The molecular formula is C35H42N2O6.